The van der Waals surface area contributed by atoms with Gasteiger partial charge < -0.3 is 5.11 Å². The van der Waals surface area contributed by atoms with Gasteiger partial charge in [0.15, 0.2) is 0 Å². The monoisotopic (exact) mass is 374 g/mol. The summed E-state index contributed by atoms with van der Waals surface area (Å²) in [7, 11) is 0. The molecule has 0 bridgehead atoms. The molecule has 0 aliphatic carbocycles. The van der Waals surface area contributed by atoms with Crippen LogP contribution in [0.5, 0.6) is 0 Å². The predicted molar refractivity (Wildman–Crippen MR) is 79.6 cm³/mol. The second kappa shape index (κ2) is 5.65. The molecule has 0 radical (unpaired) electrons. The van der Waals surface area contributed by atoms with Gasteiger partial charge in [-0.15, -0.1) is 11.3 Å². The molecule has 0 aliphatic heterocycles. The molecule has 4 heteroatoms. The van der Waals surface area contributed by atoms with E-state index in [4.69, 9.17) is 0 Å². The van der Waals surface area contributed by atoms with E-state index < -0.39 is 6.10 Å². The molecule has 1 unspecified atom stereocenters. The van der Waals surface area contributed by atoms with Gasteiger partial charge in [-0.25, -0.2) is 0 Å². The van der Waals surface area contributed by atoms with E-state index in [0.29, 0.717) is 6.42 Å². The number of aliphatic hydroxyl groups is 1. The first-order chi connectivity index (χ1) is 8.06. The molecule has 0 aliphatic rings. The highest BCUT2D eigenvalue weighted by atomic mass is 79.9. The number of aliphatic hydroxyl groups excluding tert-OH is 1. The molecular weight excluding hydrogens is 364 g/mol. The Balaban J connectivity index is 2.17. The fourth-order valence-corrected chi connectivity index (χ4v) is 3.74. The summed E-state index contributed by atoms with van der Waals surface area (Å²) < 4.78 is 2.13. The lowest BCUT2D eigenvalue weighted by molar-refractivity contribution is 0.178. The maximum Gasteiger partial charge on any atom is 0.0840 e. The van der Waals surface area contributed by atoms with E-state index in [-0.39, 0.29) is 0 Å². The summed E-state index contributed by atoms with van der Waals surface area (Å²) in [6.45, 7) is 2.02. The van der Waals surface area contributed by atoms with Gasteiger partial charge in [0.05, 0.1) is 6.10 Å². The van der Waals surface area contributed by atoms with Crippen molar-refractivity contribution in [1.29, 1.82) is 0 Å². The zero-order valence-corrected chi connectivity index (χ0v) is 13.3. The zero-order chi connectivity index (χ0) is 12.4. The zero-order valence-electron chi connectivity index (χ0n) is 9.28. The quantitative estimate of drug-likeness (QED) is 0.812. The number of hydrogen-bond donors (Lipinski definition) is 1. The van der Waals surface area contributed by atoms with Crippen molar-refractivity contribution >= 4 is 43.2 Å². The first-order valence-electron chi connectivity index (χ1n) is 5.23. The van der Waals surface area contributed by atoms with E-state index in [1.807, 2.05) is 30.5 Å². The van der Waals surface area contributed by atoms with Gasteiger partial charge >= 0.3 is 0 Å². The summed E-state index contributed by atoms with van der Waals surface area (Å²) in [5, 5.41) is 12.3. The van der Waals surface area contributed by atoms with E-state index in [2.05, 4.69) is 37.9 Å². The topological polar surface area (TPSA) is 20.2 Å². The Kier molecular flexibility index (Phi) is 4.42. The SMILES string of the molecule is Cc1cc(Br)ccc1C(O)Cc1cc(Br)cs1. The number of benzene rings is 1. The van der Waals surface area contributed by atoms with Crippen molar-refractivity contribution in [2.45, 2.75) is 19.4 Å². The van der Waals surface area contributed by atoms with Gasteiger partial charge in [-0.2, -0.15) is 0 Å². The highest BCUT2D eigenvalue weighted by molar-refractivity contribution is 9.10. The molecule has 1 nitrogen and oxygen atoms in total. The molecule has 0 saturated heterocycles. The number of hydrogen-bond acceptors (Lipinski definition) is 2. The summed E-state index contributed by atoms with van der Waals surface area (Å²) in [6.07, 6.45) is 0.229. The number of rotatable bonds is 3. The lowest BCUT2D eigenvalue weighted by Crippen LogP contribution is -2.02. The van der Waals surface area contributed by atoms with Gasteiger partial charge in [0.2, 0.25) is 0 Å². The Morgan fingerprint density at radius 2 is 2.00 bits per heavy atom. The minimum Gasteiger partial charge on any atom is -0.388 e. The van der Waals surface area contributed by atoms with Crippen molar-refractivity contribution in [1.82, 2.24) is 0 Å². The second-order valence-electron chi connectivity index (χ2n) is 3.95. The number of halogens is 2. The van der Waals surface area contributed by atoms with Crippen LogP contribution in [0, 0.1) is 6.92 Å². The summed E-state index contributed by atoms with van der Waals surface area (Å²) >= 11 is 8.52. The molecule has 0 amide bonds. The van der Waals surface area contributed by atoms with E-state index >= 15 is 0 Å². The molecule has 90 valence electrons. The normalized spacial score (nSPS) is 12.7. The third-order valence-electron chi connectivity index (χ3n) is 2.61. The Bertz CT molecular complexity index is 522. The fourth-order valence-electron chi connectivity index (χ4n) is 1.77. The van der Waals surface area contributed by atoms with Gasteiger partial charge in [0.1, 0.15) is 0 Å². The Hall–Kier alpha value is -0.160. The van der Waals surface area contributed by atoms with Gasteiger partial charge in [0, 0.05) is 25.6 Å². The Labute approximate surface area is 122 Å². The smallest absolute Gasteiger partial charge is 0.0840 e. The summed E-state index contributed by atoms with van der Waals surface area (Å²) in [5.74, 6) is 0. The van der Waals surface area contributed by atoms with Crippen LogP contribution in [-0.4, -0.2) is 5.11 Å². The van der Waals surface area contributed by atoms with Crippen LogP contribution in [0.2, 0.25) is 0 Å². The highest BCUT2D eigenvalue weighted by Crippen LogP contribution is 2.28. The molecule has 2 aromatic rings. The van der Waals surface area contributed by atoms with Crippen molar-refractivity contribution in [3.8, 4) is 0 Å². The van der Waals surface area contributed by atoms with Crippen molar-refractivity contribution in [2.75, 3.05) is 0 Å². The van der Waals surface area contributed by atoms with E-state index in [9.17, 15) is 5.11 Å². The highest BCUT2D eigenvalue weighted by Gasteiger charge is 2.12. The first-order valence-corrected chi connectivity index (χ1v) is 7.70. The predicted octanol–water partition coefficient (Wildman–Crippen LogP) is 4.86. The molecule has 17 heavy (non-hydrogen) atoms. The van der Waals surface area contributed by atoms with Crippen LogP contribution in [0.4, 0.5) is 0 Å². The van der Waals surface area contributed by atoms with Crippen LogP contribution in [0.1, 0.15) is 22.1 Å². The molecule has 0 saturated carbocycles. The van der Waals surface area contributed by atoms with Crippen LogP contribution in [-0.2, 0) is 6.42 Å². The van der Waals surface area contributed by atoms with Crippen molar-refractivity contribution in [2.24, 2.45) is 0 Å². The molecule has 1 aromatic heterocycles. The average Bonchev–Trinajstić information content (AvgIpc) is 2.63. The molecule has 2 rings (SSSR count). The lowest BCUT2D eigenvalue weighted by atomic mass is 10.0. The fraction of sp³-hybridized carbons (Fsp3) is 0.231. The third kappa shape index (κ3) is 3.41. The van der Waals surface area contributed by atoms with Crippen LogP contribution < -0.4 is 0 Å². The minimum atomic E-state index is -0.436. The number of thiophene rings is 1. The summed E-state index contributed by atoms with van der Waals surface area (Å²) in [5.41, 5.74) is 2.11. The molecule has 0 spiro atoms. The maximum absolute atomic E-state index is 10.2. The first kappa shape index (κ1) is 13.3. The summed E-state index contributed by atoms with van der Waals surface area (Å²) in [6, 6.07) is 8.04. The number of aryl methyl sites for hydroxylation is 1. The van der Waals surface area contributed by atoms with Crippen LogP contribution in [0.15, 0.2) is 38.6 Å². The third-order valence-corrected chi connectivity index (χ3v) is 4.82. The van der Waals surface area contributed by atoms with Crippen LogP contribution in [0.3, 0.4) is 0 Å². The standard InChI is InChI=1S/C13H12Br2OS/c1-8-4-9(14)2-3-12(8)13(16)6-11-5-10(15)7-17-11/h2-5,7,13,16H,6H2,1H3. The van der Waals surface area contributed by atoms with E-state index in [1.54, 1.807) is 11.3 Å². The Morgan fingerprint density at radius 3 is 2.59 bits per heavy atom. The van der Waals surface area contributed by atoms with Crippen LogP contribution >= 0.6 is 43.2 Å². The van der Waals surface area contributed by atoms with Gasteiger partial charge in [0.25, 0.3) is 0 Å². The maximum atomic E-state index is 10.2. The molecule has 1 N–H and O–H groups in total. The van der Waals surface area contributed by atoms with Crippen LogP contribution in [0.25, 0.3) is 0 Å². The minimum absolute atomic E-state index is 0.436. The second-order valence-corrected chi connectivity index (χ2v) is 6.78. The molecule has 0 fully saturated rings. The van der Waals surface area contributed by atoms with Crippen molar-refractivity contribution < 1.29 is 5.11 Å². The molecule has 1 atom stereocenters. The van der Waals surface area contributed by atoms with Gasteiger partial charge in [-0.3, -0.25) is 0 Å². The Morgan fingerprint density at radius 1 is 1.24 bits per heavy atom. The largest absolute Gasteiger partial charge is 0.388 e. The molecule has 1 heterocycles. The average molecular weight is 376 g/mol. The van der Waals surface area contributed by atoms with Gasteiger partial charge in [-0.1, -0.05) is 22.0 Å². The molecular formula is C13H12Br2OS. The lowest BCUT2D eigenvalue weighted by Gasteiger charge is -2.13. The van der Waals surface area contributed by atoms with Gasteiger partial charge in [-0.05, 0) is 52.2 Å². The molecule has 1 aromatic carbocycles. The summed E-state index contributed by atoms with van der Waals surface area (Å²) in [4.78, 5) is 1.19. The van der Waals surface area contributed by atoms with Crippen molar-refractivity contribution in [3.63, 3.8) is 0 Å². The van der Waals surface area contributed by atoms with E-state index in [0.717, 1.165) is 20.1 Å². The van der Waals surface area contributed by atoms with E-state index in [1.165, 1.54) is 4.88 Å². The van der Waals surface area contributed by atoms with Crippen molar-refractivity contribution in [3.05, 3.63) is 54.6 Å².